The lowest BCUT2D eigenvalue weighted by Gasteiger charge is -2.14. The molecule has 2 amide bonds. The summed E-state index contributed by atoms with van der Waals surface area (Å²) in [6.07, 6.45) is 2.25. The number of carbonyl (C=O) groups is 2. The van der Waals surface area contributed by atoms with E-state index in [1.165, 1.54) is 6.20 Å². The van der Waals surface area contributed by atoms with E-state index in [0.717, 1.165) is 12.0 Å². The van der Waals surface area contributed by atoms with Gasteiger partial charge in [-0.15, -0.1) is 0 Å². The van der Waals surface area contributed by atoms with Gasteiger partial charge in [0, 0.05) is 23.7 Å². The quantitative estimate of drug-likeness (QED) is 0.570. The number of aromatic nitrogens is 2. The number of nitrogens with zero attached hydrogens (tertiary/aromatic N) is 2. The highest BCUT2D eigenvalue weighted by atomic mass is 16.2. The molecule has 0 fully saturated rings. The number of nitrogens with one attached hydrogen (secondary N) is 1. The van der Waals surface area contributed by atoms with Crippen LogP contribution in [0.2, 0.25) is 0 Å². The van der Waals surface area contributed by atoms with E-state index in [1.807, 2.05) is 37.3 Å². The van der Waals surface area contributed by atoms with Crippen LogP contribution in [0.1, 0.15) is 39.0 Å². The molecule has 3 aromatic rings. The first kappa shape index (κ1) is 20.2. The van der Waals surface area contributed by atoms with E-state index in [2.05, 4.69) is 15.3 Å². The average molecular weight is 389 g/mol. The maximum absolute atomic E-state index is 12.7. The first-order chi connectivity index (χ1) is 14.0. The predicted octanol–water partition coefficient (Wildman–Crippen LogP) is 2.06. The van der Waals surface area contributed by atoms with Crippen LogP contribution in [0.25, 0.3) is 11.3 Å². The second kappa shape index (κ2) is 9.07. The van der Waals surface area contributed by atoms with E-state index in [0.29, 0.717) is 22.5 Å². The van der Waals surface area contributed by atoms with Crippen molar-refractivity contribution in [2.75, 3.05) is 0 Å². The molecule has 2 aromatic carbocycles. The van der Waals surface area contributed by atoms with Gasteiger partial charge in [0.15, 0.2) is 5.69 Å². The summed E-state index contributed by atoms with van der Waals surface area (Å²) in [5, 5.41) is 3.01. The van der Waals surface area contributed by atoms with Gasteiger partial charge < -0.3 is 16.8 Å². The van der Waals surface area contributed by atoms with Crippen molar-refractivity contribution in [3.8, 4) is 11.3 Å². The number of benzene rings is 2. The maximum Gasteiger partial charge on any atom is 0.269 e. The lowest BCUT2D eigenvalue weighted by atomic mass is 10.1. The number of hydrogen-bond donors (Lipinski definition) is 3. The summed E-state index contributed by atoms with van der Waals surface area (Å²) in [4.78, 5) is 32.7. The predicted molar refractivity (Wildman–Crippen MR) is 111 cm³/mol. The Balaban J connectivity index is 1.78. The molecule has 0 bridgehead atoms. The fourth-order valence-electron chi connectivity index (χ4n) is 3.05. The van der Waals surface area contributed by atoms with E-state index >= 15 is 0 Å². The summed E-state index contributed by atoms with van der Waals surface area (Å²) in [5.74, 6) is -0.875. The molecule has 0 radical (unpaired) electrons. The Morgan fingerprint density at radius 3 is 2.55 bits per heavy atom. The molecule has 7 heteroatoms. The van der Waals surface area contributed by atoms with Crippen LogP contribution in [-0.2, 0) is 13.0 Å². The number of hydrogen-bond acceptors (Lipinski definition) is 5. The molecule has 3 rings (SSSR count). The molecular weight excluding hydrogens is 366 g/mol. The zero-order valence-corrected chi connectivity index (χ0v) is 16.1. The van der Waals surface area contributed by atoms with E-state index in [9.17, 15) is 9.59 Å². The highest BCUT2D eigenvalue weighted by Crippen LogP contribution is 2.19. The van der Waals surface area contributed by atoms with Crippen LogP contribution in [-0.4, -0.2) is 27.8 Å². The minimum Gasteiger partial charge on any atom is -0.364 e. The molecule has 5 N–H and O–H groups in total. The van der Waals surface area contributed by atoms with Crippen LogP contribution in [0.4, 0.5) is 0 Å². The minimum absolute atomic E-state index is 0.0290. The number of carbonyl (C=O) groups excluding carboxylic acids is 2. The minimum atomic E-state index is -0.691. The second-order valence-corrected chi connectivity index (χ2v) is 6.76. The first-order valence-electron chi connectivity index (χ1n) is 9.29. The standard InChI is InChI=1S/C22H23N5O2/c1-14(10-15-6-3-2-4-7-15)26-22(29)17-9-5-8-16(11-17)19-13-25-18(12-23)20(27-19)21(24)28/h2-9,11,13-14H,10,12,23H2,1H3,(H2,24,28)(H,26,29). The van der Waals surface area contributed by atoms with Crippen LogP contribution in [0.3, 0.4) is 0 Å². The average Bonchev–Trinajstić information content (AvgIpc) is 2.74. The Morgan fingerprint density at radius 2 is 1.86 bits per heavy atom. The van der Waals surface area contributed by atoms with Crippen molar-refractivity contribution in [1.29, 1.82) is 0 Å². The van der Waals surface area contributed by atoms with Crippen molar-refractivity contribution in [1.82, 2.24) is 15.3 Å². The molecule has 1 unspecified atom stereocenters. The van der Waals surface area contributed by atoms with E-state index < -0.39 is 5.91 Å². The van der Waals surface area contributed by atoms with Gasteiger partial charge in [-0.25, -0.2) is 4.98 Å². The Kier molecular flexibility index (Phi) is 6.31. The van der Waals surface area contributed by atoms with Crippen molar-refractivity contribution in [3.63, 3.8) is 0 Å². The van der Waals surface area contributed by atoms with Crippen LogP contribution in [0.15, 0.2) is 60.8 Å². The summed E-state index contributed by atoms with van der Waals surface area (Å²) in [5.41, 5.74) is 14.1. The number of rotatable bonds is 7. The van der Waals surface area contributed by atoms with Gasteiger partial charge in [-0.2, -0.15) is 0 Å². The molecule has 1 atom stereocenters. The highest BCUT2D eigenvalue weighted by molar-refractivity contribution is 5.96. The Labute approximate surface area is 169 Å². The smallest absolute Gasteiger partial charge is 0.269 e. The molecule has 0 aliphatic carbocycles. The zero-order chi connectivity index (χ0) is 20.8. The van der Waals surface area contributed by atoms with Crippen LogP contribution < -0.4 is 16.8 Å². The van der Waals surface area contributed by atoms with Crippen LogP contribution >= 0.6 is 0 Å². The van der Waals surface area contributed by atoms with Crippen molar-refractivity contribution in [2.45, 2.75) is 25.9 Å². The van der Waals surface area contributed by atoms with Gasteiger partial charge in [0.05, 0.1) is 17.6 Å². The van der Waals surface area contributed by atoms with E-state index in [1.54, 1.807) is 24.3 Å². The molecule has 0 spiro atoms. The van der Waals surface area contributed by atoms with Gasteiger partial charge in [0.2, 0.25) is 0 Å². The van der Waals surface area contributed by atoms with Gasteiger partial charge in [-0.05, 0) is 31.0 Å². The molecule has 1 heterocycles. The van der Waals surface area contributed by atoms with Crippen molar-refractivity contribution in [3.05, 3.63) is 83.3 Å². The number of amides is 2. The SMILES string of the molecule is CC(Cc1ccccc1)NC(=O)c1cccc(-c2cnc(CN)c(C(N)=O)n2)c1. The molecule has 7 nitrogen and oxygen atoms in total. The zero-order valence-electron chi connectivity index (χ0n) is 16.1. The molecule has 148 valence electrons. The van der Waals surface area contributed by atoms with Gasteiger partial charge in [0.1, 0.15) is 0 Å². The molecule has 0 aliphatic heterocycles. The monoisotopic (exact) mass is 389 g/mol. The molecular formula is C22H23N5O2. The number of nitrogens with two attached hydrogens (primary N) is 2. The first-order valence-corrected chi connectivity index (χ1v) is 9.29. The summed E-state index contributed by atoms with van der Waals surface area (Å²) in [6, 6.07) is 16.9. The fraction of sp³-hybridized carbons (Fsp3) is 0.182. The molecule has 0 saturated carbocycles. The van der Waals surface area contributed by atoms with Crippen LogP contribution in [0.5, 0.6) is 0 Å². The Hall–Kier alpha value is -3.58. The van der Waals surface area contributed by atoms with Gasteiger partial charge in [-0.3, -0.25) is 14.6 Å². The van der Waals surface area contributed by atoms with Gasteiger partial charge >= 0.3 is 0 Å². The lowest BCUT2D eigenvalue weighted by molar-refractivity contribution is 0.0938. The third-order valence-corrected chi connectivity index (χ3v) is 4.46. The lowest BCUT2D eigenvalue weighted by Crippen LogP contribution is -2.34. The maximum atomic E-state index is 12.7. The third kappa shape index (κ3) is 5.03. The summed E-state index contributed by atoms with van der Waals surface area (Å²) in [6.45, 7) is 2.03. The largest absolute Gasteiger partial charge is 0.364 e. The second-order valence-electron chi connectivity index (χ2n) is 6.76. The molecule has 0 saturated heterocycles. The van der Waals surface area contributed by atoms with Crippen molar-refractivity contribution in [2.24, 2.45) is 11.5 Å². The number of primary amides is 1. The normalized spacial score (nSPS) is 11.7. The van der Waals surface area contributed by atoms with E-state index in [4.69, 9.17) is 11.5 Å². The highest BCUT2D eigenvalue weighted by Gasteiger charge is 2.15. The van der Waals surface area contributed by atoms with Crippen molar-refractivity contribution < 1.29 is 9.59 Å². The summed E-state index contributed by atoms with van der Waals surface area (Å²) < 4.78 is 0. The summed E-state index contributed by atoms with van der Waals surface area (Å²) in [7, 11) is 0. The molecule has 1 aromatic heterocycles. The topological polar surface area (TPSA) is 124 Å². The Morgan fingerprint density at radius 1 is 1.10 bits per heavy atom. The molecule has 29 heavy (non-hydrogen) atoms. The van der Waals surface area contributed by atoms with Gasteiger partial charge in [0.25, 0.3) is 11.8 Å². The molecule has 0 aliphatic rings. The fourth-order valence-corrected chi connectivity index (χ4v) is 3.05. The van der Waals surface area contributed by atoms with E-state index in [-0.39, 0.29) is 24.2 Å². The van der Waals surface area contributed by atoms with Crippen LogP contribution in [0, 0.1) is 0 Å². The summed E-state index contributed by atoms with van der Waals surface area (Å²) >= 11 is 0. The Bertz CT molecular complexity index is 1020. The third-order valence-electron chi connectivity index (χ3n) is 4.46. The van der Waals surface area contributed by atoms with Crippen molar-refractivity contribution >= 4 is 11.8 Å². The van der Waals surface area contributed by atoms with Gasteiger partial charge in [-0.1, -0.05) is 42.5 Å².